The number of ketones is 2. The number of hydrogen-bond donors (Lipinski definition) is 4. The number of fused-ring (bicyclic) bond motifs is 6. The molecule has 0 bridgehead atoms. The fourth-order valence-electron chi connectivity index (χ4n) is 10.3. The number of aromatic nitrogens is 4. The van der Waals surface area contributed by atoms with E-state index in [0.29, 0.717) is 38.0 Å². The van der Waals surface area contributed by atoms with Gasteiger partial charge in [0.1, 0.15) is 30.0 Å². The summed E-state index contributed by atoms with van der Waals surface area (Å²) in [6.45, 7) is 6.70. The number of carbonyl (C=O) groups is 4. The van der Waals surface area contributed by atoms with Gasteiger partial charge < -0.3 is 39.5 Å². The lowest BCUT2D eigenvalue weighted by atomic mass is 9.84. The largest absolute Gasteiger partial charge is 0.488 e. The molecule has 14 nitrogen and oxygen atoms in total. The van der Waals surface area contributed by atoms with E-state index in [9.17, 15) is 19.2 Å². The van der Waals surface area contributed by atoms with E-state index in [0.717, 1.165) is 80.0 Å². The van der Waals surface area contributed by atoms with Crippen molar-refractivity contribution in [2.45, 2.75) is 89.5 Å². The summed E-state index contributed by atoms with van der Waals surface area (Å²) >= 11 is 0. The minimum absolute atomic E-state index is 0.0480. The summed E-state index contributed by atoms with van der Waals surface area (Å²) in [5.41, 5.74) is 7.30. The van der Waals surface area contributed by atoms with Crippen LogP contribution in [0.2, 0.25) is 0 Å². The van der Waals surface area contributed by atoms with Gasteiger partial charge in [0, 0.05) is 41.2 Å². The number of nitrogens with zero attached hydrogens (tertiary/aromatic N) is 2. The van der Waals surface area contributed by atoms with Crippen molar-refractivity contribution in [2.75, 3.05) is 20.8 Å². The first kappa shape index (κ1) is 42.7. The van der Waals surface area contributed by atoms with Crippen LogP contribution in [-0.2, 0) is 30.4 Å². The van der Waals surface area contributed by atoms with Gasteiger partial charge in [-0.3, -0.25) is 9.59 Å². The zero-order chi connectivity index (χ0) is 44.6. The van der Waals surface area contributed by atoms with Crippen LogP contribution >= 0.6 is 0 Å². The number of benzene rings is 4. The van der Waals surface area contributed by atoms with Crippen LogP contribution in [0.3, 0.4) is 0 Å². The molecular weight excluding hydrogens is 813 g/mol. The summed E-state index contributed by atoms with van der Waals surface area (Å²) in [5, 5.41) is 7.48. The van der Waals surface area contributed by atoms with Crippen molar-refractivity contribution in [3.63, 3.8) is 0 Å². The van der Waals surface area contributed by atoms with E-state index in [4.69, 9.17) is 28.9 Å². The molecule has 2 amide bonds. The lowest BCUT2D eigenvalue weighted by molar-refractivity contribution is -0.126. The quantitative estimate of drug-likeness (QED) is 0.0873. The van der Waals surface area contributed by atoms with Gasteiger partial charge in [-0.2, -0.15) is 0 Å². The molecule has 332 valence electrons. The first-order valence-electron chi connectivity index (χ1n) is 22.3. The molecule has 0 spiro atoms. The van der Waals surface area contributed by atoms with Gasteiger partial charge in [0.2, 0.25) is 0 Å². The molecule has 3 heterocycles. The molecule has 4 aromatic carbocycles. The van der Waals surface area contributed by atoms with Gasteiger partial charge in [-0.25, -0.2) is 19.6 Å². The number of amides is 2. The van der Waals surface area contributed by atoms with Crippen LogP contribution in [0.5, 0.6) is 5.75 Å². The molecule has 2 aromatic heterocycles. The number of hydrogen-bond acceptors (Lipinski definition) is 10. The number of Topliss-reactive ketones (excluding diaryl/α,β-unsaturated/α-hetero) is 2. The van der Waals surface area contributed by atoms with Crippen molar-refractivity contribution in [3.8, 4) is 28.1 Å². The second-order valence-electron chi connectivity index (χ2n) is 17.5. The van der Waals surface area contributed by atoms with Crippen LogP contribution in [0.1, 0.15) is 93.5 Å². The Bertz CT molecular complexity index is 2730. The van der Waals surface area contributed by atoms with E-state index < -0.39 is 30.2 Å². The van der Waals surface area contributed by atoms with Gasteiger partial charge in [0.05, 0.1) is 49.3 Å². The number of methoxy groups -OCH3 is 2. The maximum absolute atomic E-state index is 14.1. The Morgan fingerprint density at radius 3 is 2.39 bits per heavy atom. The molecule has 14 heteroatoms. The number of imidazole rings is 2. The number of aromatic amines is 2. The summed E-state index contributed by atoms with van der Waals surface area (Å²) in [6, 6.07) is 22.4. The molecule has 3 aliphatic rings. The normalized spacial score (nSPS) is 21.2. The van der Waals surface area contributed by atoms with Crippen molar-refractivity contribution in [1.82, 2.24) is 30.6 Å². The predicted octanol–water partition coefficient (Wildman–Crippen LogP) is 9.06. The summed E-state index contributed by atoms with van der Waals surface area (Å²) < 4.78 is 22.2. The third kappa shape index (κ3) is 8.10. The number of H-pyrrole nitrogens is 2. The van der Waals surface area contributed by atoms with Crippen molar-refractivity contribution in [2.24, 2.45) is 17.8 Å². The summed E-state index contributed by atoms with van der Waals surface area (Å²) in [6.07, 6.45) is 4.00. The van der Waals surface area contributed by atoms with E-state index in [1.54, 1.807) is 0 Å². The lowest BCUT2D eigenvalue weighted by Gasteiger charge is -2.26. The fraction of sp³-hybridized carbons (Fsp3) is 0.400. The number of alkyl carbamates (subject to hydrolysis) is 2. The minimum atomic E-state index is -0.824. The molecule has 2 aliphatic carbocycles. The van der Waals surface area contributed by atoms with Gasteiger partial charge in [0.15, 0.2) is 11.6 Å². The zero-order valence-corrected chi connectivity index (χ0v) is 36.7. The predicted molar refractivity (Wildman–Crippen MR) is 241 cm³/mol. The average Bonchev–Trinajstić information content (AvgIpc) is 4.15. The smallest absolute Gasteiger partial charge is 0.407 e. The Kier molecular flexibility index (Phi) is 12.0. The molecule has 7 atom stereocenters. The zero-order valence-electron chi connectivity index (χ0n) is 36.7. The topological polar surface area (TPSA) is 187 Å². The Labute approximate surface area is 371 Å². The fourth-order valence-corrected chi connectivity index (χ4v) is 10.3. The third-order valence-electron chi connectivity index (χ3n) is 13.4. The molecule has 0 saturated heterocycles. The number of nitrogens with one attached hydrogen (secondary N) is 4. The number of ether oxygens (including phenoxy) is 4. The lowest BCUT2D eigenvalue weighted by Crippen LogP contribution is -2.47. The second kappa shape index (κ2) is 17.9. The SMILES string of the molecule is CCO[C@@H]1CC(C(=O)[C@@H](NC(=O)OC)C(C)C)[C@H](c2nc3c(ccc4cc5c(cc43)OCc3cc(-c4cnc([C@@H]6CCCC6C(=O)[C@H](NC(=O)OC)c6ccccc6)[nH]4)ccc3-5)[nH]2)C1. The highest BCUT2D eigenvalue weighted by Gasteiger charge is 2.45. The van der Waals surface area contributed by atoms with Crippen LogP contribution in [0.15, 0.2) is 79.0 Å². The molecule has 2 saturated carbocycles. The third-order valence-corrected chi connectivity index (χ3v) is 13.4. The van der Waals surface area contributed by atoms with Crippen molar-refractivity contribution >= 4 is 45.6 Å². The van der Waals surface area contributed by atoms with Crippen LogP contribution in [0, 0.1) is 17.8 Å². The van der Waals surface area contributed by atoms with Gasteiger partial charge in [-0.05, 0) is 90.4 Å². The Morgan fingerprint density at radius 2 is 1.62 bits per heavy atom. The van der Waals surface area contributed by atoms with E-state index >= 15 is 0 Å². The van der Waals surface area contributed by atoms with Gasteiger partial charge in [-0.1, -0.05) is 68.8 Å². The maximum atomic E-state index is 14.1. The molecule has 9 rings (SSSR count). The average molecular weight is 867 g/mol. The highest BCUT2D eigenvalue weighted by atomic mass is 16.5. The molecule has 4 N–H and O–H groups in total. The molecular formula is C50H54N6O8. The molecule has 2 fully saturated rings. The summed E-state index contributed by atoms with van der Waals surface area (Å²) in [7, 11) is 2.59. The minimum Gasteiger partial charge on any atom is -0.488 e. The highest BCUT2D eigenvalue weighted by Crippen LogP contribution is 2.46. The van der Waals surface area contributed by atoms with Crippen LogP contribution in [0.4, 0.5) is 9.59 Å². The molecule has 1 aliphatic heterocycles. The van der Waals surface area contributed by atoms with Crippen molar-refractivity contribution in [3.05, 3.63) is 102 Å². The monoisotopic (exact) mass is 866 g/mol. The standard InChI is InChI=1S/C50H54N6O8/c1-6-63-31-21-37(46(58)42(26(2)3)55-49(59)61-4)38(22-31)48-52-39-18-16-28-20-36-32-17-15-29(19-30(32)25-64-41(36)23-35(28)44(39)54-48)40-24-51-47(53-40)34-14-10-13-33(34)45(57)43(56-50(60)62-5)27-11-8-7-9-12-27/h7-9,11-12,15-20,23-24,26,31,33-34,37-38,42-43H,6,10,13-14,21-22,25H2,1-5H3,(H,51,53)(H,52,54)(H,55,59)(H,56,60)/t31-,33?,34-,37?,38-,42+,43-/m1/s1. The number of rotatable bonds is 13. The maximum Gasteiger partial charge on any atom is 0.407 e. The highest BCUT2D eigenvalue weighted by molar-refractivity contribution is 6.07. The van der Waals surface area contributed by atoms with Gasteiger partial charge >= 0.3 is 12.2 Å². The first-order valence-corrected chi connectivity index (χ1v) is 22.3. The molecule has 0 radical (unpaired) electrons. The summed E-state index contributed by atoms with van der Waals surface area (Å²) in [4.78, 5) is 69.8. The van der Waals surface area contributed by atoms with E-state index in [-0.39, 0.29) is 41.3 Å². The second-order valence-corrected chi connectivity index (χ2v) is 17.5. The Morgan fingerprint density at radius 1 is 0.828 bits per heavy atom. The molecule has 2 unspecified atom stereocenters. The van der Waals surface area contributed by atoms with Gasteiger partial charge in [-0.15, -0.1) is 0 Å². The molecule has 64 heavy (non-hydrogen) atoms. The Balaban J connectivity index is 0.966. The van der Waals surface area contributed by atoms with Crippen molar-refractivity contribution in [1.29, 1.82) is 0 Å². The van der Waals surface area contributed by atoms with Crippen molar-refractivity contribution < 1.29 is 38.1 Å². The summed E-state index contributed by atoms with van der Waals surface area (Å²) in [5.74, 6) is 0.938. The first-order chi connectivity index (χ1) is 31.0. The Hall–Kier alpha value is -6.54. The van der Waals surface area contributed by atoms with Crippen LogP contribution in [0.25, 0.3) is 44.2 Å². The van der Waals surface area contributed by atoms with Crippen LogP contribution in [-0.4, -0.2) is 76.7 Å². The van der Waals surface area contributed by atoms with E-state index in [1.807, 2.05) is 63.4 Å². The van der Waals surface area contributed by atoms with Gasteiger partial charge in [0.25, 0.3) is 0 Å². The molecule has 6 aromatic rings. The van der Waals surface area contributed by atoms with Crippen LogP contribution < -0.4 is 15.4 Å². The van der Waals surface area contributed by atoms with E-state index in [1.165, 1.54) is 14.2 Å². The number of carbonyl (C=O) groups excluding carboxylic acids is 4. The van der Waals surface area contributed by atoms with E-state index in [2.05, 4.69) is 57.0 Å².